The van der Waals surface area contributed by atoms with E-state index in [-0.39, 0.29) is 24.2 Å². The van der Waals surface area contributed by atoms with E-state index in [1.54, 1.807) is 11.3 Å². The van der Waals surface area contributed by atoms with E-state index in [9.17, 15) is 15.0 Å². The zero-order valence-electron chi connectivity index (χ0n) is 17.5. The third-order valence-corrected chi connectivity index (χ3v) is 7.98. The number of allylic oxidation sites excluding steroid dienone is 4. The monoisotopic (exact) mass is 496 g/mol. The molecule has 166 valence electrons. The average Bonchev–Trinajstić information content (AvgIpc) is 3.19. The Balaban J connectivity index is 1.89. The highest BCUT2D eigenvalue weighted by molar-refractivity contribution is 9.10. The number of aliphatic carboxylic acids is 1. The maximum atomic E-state index is 10.6. The smallest absolute Gasteiger partial charge is 0.303 e. The first-order valence-corrected chi connectivity index (χ1v) is 12.2. The number of carboxylic acids is 1. The summed E-state index contributed by atoms with van der Waals surface area (Å²) < 4.78 is 1.13. The van der Waals surface area contributed by atoms with E-state index in [1.165, 1.54) is 9.75 Å². The summed E-state index contributed by atoms with van der Waals surface area (Å²) in [6.07, 6.45) is 13.5. The molecule has 1 saturated carbocycles. The largest absolute Gasteiger partial charge is 0.481 e. The van der Waals surface area contributed by atoms with Gasteiger partial charge in [0, 0.05) is 20.6 Å². The molecule has 5 atom stereocenters. The molecule has 0 aromatic carbocycles. The highest BCUT2D eigenvalue weighted by Crippen LogP contribution is 2.41. The second kappa shape index (κ2) is 12.6. The minimum absolute atomic E-state index is 0.0862. The van der Waals surface area contributed by atoms with Crippen molar-refractivity contribution in [1.29, 1.82) is 0 Å². The predicted octanol–water partition coefficient (Wildman–Crippen LogP) is 5.67. The summed E-state index contributed by atoms with van der Waals surface area (Å²) in [5, 5.41) is 29.6. The number of hydrogen-bond acceptors (Lipinski definition) is 4. The van der Waals surface area contributed by atoms with Crippen molar-refractivity contribution in [2.75, 3.05) is 0 Å². The van der Waals surface area contributed by atoms with Crippen LogP contribution in [-0.2, 0) is 11.2 Å². The molecule has 0 bridgehead atoms. The number of carboxylic acid groups (broad SMARTS) is 1. The third-order valence-electron chi connectivity index (χ3n) is 5.79. The lowest BCUT2D eigenvalue weighted by Gasteiger charge is -2.20. The number of aryl methyl sites for hydroxylation is 2. The van der Waals surface area contributed by atoms with Crippen LogP contribution in [0.1, 0.15) is 48.3 Å². The SMILES string of the molecule is C=CC1CC(O)[C@H](CC=CCCCC(=O)O)[C@H]1C=CC(O)CCc1cc(Br)c(C)s1. The van der Waals surface area contributed by atoms with Gasteiger partial charge >= 0.3 is 5.97 Å². The van der Waals surface area contributed by atoms with Gasteiger partial charge in [-0.2, -0.15) is 0 Å². The lowest BCUT2D eigenvalue weighted by Crippen LogP contribution is -2.18. The van der Waals surface area contributed by atoms with Crippen molar-refractivity contribution in [3.05, 3.63) is 57.3 Å². The van der Waals surface area contributed by atoms with Crippen molar-refractivity contribution >= 4 is 33.2 Å². The van der Waals surface area contributed by atoms with Crippen molar-refractivity contribution < 1.29 is 20.1 Å². The van der Waals surface area contributed by atoms with Crippen LogP contribution in [0.2, 0.25) is 0 Å². The Kier molecular flexibility index (Phi) is 10.5. The lowest BCUT2D eigenvalue weighted by molar-refractivity contribution is -0.137. The highest BCUT2D eigenvalue weighted by atomic mass is 79.9. The van der Waals surface area contributed by atoms with Gasteiger partial charge in [0.2, 0.25) is 0 Å². The maximum Gasteiger partial charge on any atom is 0.303 e. The Morgan fingerprint density at radius 1 is 1.43 bits per heavy atom. The van der Waals surface area contributed by atoms with E-state index in [0.29, 0.717) is 19.3 Å². The van der Waals surface area contributed by atoms with Crippen LogP contribution >= 0.6 is 27.3 Å². The summed E-state index contributed by atoms with van der Waals surface area (Å²) >= 11 is 5.29. The lowest BCUT2D eigenvalue weighted by atomic mass is 9.86. The highest BCUT2D eigenvalue weighted by Gasteiger charge is 2.38. The Hall–Kier alpha value is -1.21. The normalized spacial score (nSPS) is 25.3. The number of aliphatic hydroxyl groups is 2. The van der Waals surface area contributed by atoms with Gasteiger partial charge in [-0.15, -0.1) is 17.9 Å². The predicted molar refractivity (Wildman–Crippen MR) is 127 cm³/mol. The first-order valence-electron chi connectivity index (χ1n) is 10.6. The van der Waals surface area contributed by atoms with Crippen LogP contribution in [0, 0.1) is 24.7 Å². The van der Waals surface area contributed by atoms with Gasteiger partial charge in [-0.05, 0) is 85.2 Å². The molecule has 30 heavy (non-hydrogen) atoms. The Labute approximate surface area is 192 Å². The molecule has 0 amide bonds. The molecule has 0 saturated heterocycles. The van der Waals surface area contributed by atoms with E-state index in [2.05, 4.69) is 47.7 Å². The fourth-order valence-electron chi connectivity index (χ4n) is 4.06. The second-order valence-corrected chi connectivity index (χ2v) is 10.2. The molecule has 0 aliphatic heterocycles. The topological polar surface area (TPSA) is 77.8 Å². The molecule has 6 heteroatoms. The molecule has 1 aliphatic carbocycles. The Morgan fingerprint density at radius 3 is 2.83 bits per heavy atom. The Morgan fingerprint density at radius 2 is 2.20 bits per heavy atom. The number of aliphatic hydroxyl groups excluding tert-OH is 2. The molecule has 2 rings (SSSR count). The van der Waals surface area contributed by atoms with Crippen molar-refractivity contribution in [1.82, 2.24) is 0 Å². The molecule has 1 fully saturated rings. The summed E-state index contributed by atoms with van der Waals surface area (Å²) in [6, 6.07) is 2.12. The fraction of sp³-hybridized carbons (Fsp3) is 0.542. The van der Waals surface area contributed by atoms with Crippen LogP contribution in [-0.4, -0.2) is 33.5 Å². The van der Waals surface area contributed by atoms with Gasteiger partial charge in [0.15, 0.2) is 0 Å². The van der Waals surface area contributed by atoms with E-state index in [0.717, 1.165) is 23.7 Å². The number of hydrogen-bond donors (Lipinski definition) is 3. The zero-order chi connectivity index (χ0) is 22.1. The van der Waals surface area contributed by atoms with Crippen molar-refractivity contribution in [2.45, 2.75) is 64.1 Å². The second-order valence-electron chi connectivity index (χ2n) is 8.04. The van der Waals surface area contributed by atoms with Crippen LogP contribution in [0.3, 0.4) is 0 Å². The van der Waals surface area contributed by atoms with Gasteiger partial charge in [0.1, 0.15) is 0 Å². The molecule has 1 aromatic rings. The molecule has 3 N–H and O–H groups in total. The van der Waals surface area contributed by atoms with Gasteiger partial charge in [0.05, 0.1) is 12.2 Å². The number of halogens is 1. The van der Waals surface area contributed by atoms with E-state index < -0.39 is 18.2 Å². The number of thiophene rings is 1. The van der Waals surface area contributed by atoms with E-state index in [4.69, 9.17) is 5.11 Å². The maximum absolute atomic E-state index is 10.6. The molecule has 0 spiro atoms. The summed E-state index contributed by atoms with van der Waals surface area (Å²) in [4.78, 5) is 13.1. The van der Waals surface area contributed by atoms with E-state index >= 15 is 0 Å². The van der Waals surface area contributed by atoms with Crippen LogP contribution in [0.15, 0.2) is 47.5 Å². The van der Waals surface area contributed by atoms with Crippen molar-refractivity contribution in [3.8, 4) is 0 Å². The van der Waals surface area contributed by atoms with Gasteiger partial charge in [-0.1, -0.05) is 30.4 Å². The van der Waals surface area contributed by atoms with Crippen LogP contribution in [0.5, 0.6) is 0 Å². The quantitative estimate of drug-likeness (QED) is 0.257. The van der Waals surface area contributed by atoms with Crippen molar-refractivity contribution in [2.24, 2.45) is 17.8 Å². The third kappa shape index (κ3) is 7.80. The van der Waals surface area contributed by atoms with Gasteiger partial charge in [0.25, 0.3) is 0 Å². The van der Waals surface area contributed by atoms with Crippen LogP contribution in [0.4, 0.5) is 0 Å². The van der Waals surface area contributed by atoms with E-state index in [1.807, 2.05) is 18.2 Å². The molecule has 1 heterocycles. The van der Waals surface area contributed by atoms with Gasteiger partial charge in [-0.25, -0.2) is 0 Å². The van der Waals surface area contributed by atoms with Gasteiger partial charge in [-0.3, -0.25) is 4.79 Å². The Bertz CT molecular complexity index is 735. The first kappa shape index (κ1) is 25.1. The minimum Gasteiger partial charge on any atom is -0.481 e. The van der Waals surface area contributed by atoms with Crippen molar-refractivity contribution in [3.63, 3.8) is 0 Å². The average molecular weight is 497 g/mol. The van der Waals surface area contributed by atoms with Gasteiger partial charge < -0.3 is 15.3 Å². The summed E-state index contributed by atoms with van der Waals surface area (Å²) in [6.45, 7) is 6.01. The molecule has 0 radical (unpaired) electrons. The summed E-state index contributed by atoms with van der Waals surface area (Å²) in [7, 11) is 0. The number of unbranched alkanes of at least 4 members (excludes halogenated alkanes) is 1. The molecule has 1 aliphatic rings. The summed E-state index contributed by atoms with van der Waals surface area (Å²) in [5.74, 6) is -0.337. The van der Waals surface area contributed by atoms with Crippen LogP contribution in [0.25, 0.3) is 0 Å². The number of carbonyl (C=O) groups is 1. The molecule has 3 unspecified atom stereocenters. The molecule has 1 aromatic heterocycles. The summed E-state index contributed by atoms with van der Waals surface area (Å²) in [5.41, 5.74) is 0. The fourth-order valence-corrected chi connectivity index (χ4v) is 5.68. The molecule has 4 nitrogen and oxygen atoms in total. The standard InChI is InChI=1S/C24H33BrO4S/c1-3-17-14-23(27)21(8-6-4-5-7-9-24(28)29)20(17)13-11-18(26)10-12-19-15-22(25)16(2)30-19/h3-4,6,11,13,15,17-18,20-21,23,26-27H,1,5,7-10,12,14H2,2H3,(H,28,29)/t17?,18?,20-,21+,23?/m0/s1. The zero-order valence-corrected chi connectivity index (χ0v) is 19.9. The first-order chi connectivity index (χ1) is 14.3. The number of rotatable bonds is 12. The molecular formula is C24H33BrO4S. The van der Waals surface area contributed by atoms with Crippen LogP contribution < -0.4 is 0 Å². The minimum atomic E-state index is -0.769. The molecular weight excluding hydrogens is 464 g/mol.